The molecule has 7 rings (SSSR count). The van der Waals surface area contributed by atoms with Gasteiger partial charge in [-0.1, -0.05) is 18.2 Å². The topological polar surface area (TPSA) is 90.6 Å². The lowest BCUT2D eigenvalue weighted by atomic mass is 9.74. The van der Waals surface area contributed by atoms with Crippen molar-refractivity contribution in [1.29, 1.82) is 0 Å². The number of hydrogen-bond donors (Lipinski definition) is 4. The SMILES string of the molecule is O=S(C1=C2NN3NCCC3C3CC(c4cnc5c(c4)OCCN5)NC(S1)C23)C1CCC1. The van der Waals surface area contributed by atoms with Gasteiger partial charge in [-0.05, 0) is 43.2 Å². The molecule has 3 saturated heterocycles. The Labute approximate surface area is 188 Å². The van der Waals surface area contributed by atoms with Crippen molar-refractivity contribution in [3.8, 4) is 5.75 Å². The summed E-state index contributed by atoms with van der Waals surface area (Å²) >= 11 is 1.81. The number of nitrogens with one attached hydrogen (secondary N) is 4. The van der Waals surface area contributed by atoms with Crippen molar-refractivity contribution >= 4 is 28.4 Å². The van der Waals surface area contributed by atoms with Crippen molar-refractivity contribution in [3.63, 3.8) is 0 Å². The van der Waals surface area contributed by atoms with Crippen molar-refractivity contribution in [1.82, 2.24) is 26.3 Å². The summed E-state index contributed by atoms with van der Waals surface area (Å²) in [6.45, 7) is 2.47. The van der Waals surface area contributed by atoms with Crippen molar-refractivity contribution in [3.05, 3.63) is 27.8 Å². The van der Waals surface area contributed by atoms with Gasteiger partial charge in [-0.15, -0.1) is 0 Å². The molecule has 6 unspecified atom stereocenters. The van der Waals surface area contributed by atoms with E-state index in [-0.39, 0.29) is 11.4 Å². The molecule has 1 aromatic rings. The second kappa shape index (κ2) is 7.34. The van der Waals surface area contributed by atoms with E-state index < -0.39 is 10.8 Å². The zero-order valence-corrected chi connectivity index (χ0v) is 18.9. The summed E-state index contributed by atoms with van der Waals surface area (Å²) in [4.78, 5) is 4.63. The first-order chi connectivity index (χ1) is 15.3. The maximum absolute atomic E-state index is 13.4. The smallest absolute Gasteiger partial charge is 0.168 e. The fourth-order valence-electron chi connectivity index (χ4n) is 5.90. The zero-order valence-electron chi connectivity index (χ0n) is 17.3. The van der Waals surface area contributed by atoms with Crippen LogP contribution in [0, 0.1) is 11.8 Å². The number of fused-ring (bicyclic) bond motifs is 3. The van der Waals surface area contributed by atoms with Crippen LogP contribution in [0.15, 0.2) is 22.2 Å². The normalized spacial score (nSPS) is 37.6. The summed E-state index contributed by atoms with van der Waals surface area (Å²) in [6, 6.07) is 2.83. The Bertz CT molecular complexity index is 969. The van der Waals surface area contributed by atoms with Gasteiger partial charge in [0.2, 0.25) is 0 Å². The monoisotopic (exact) mass is 460 g/mol. The lowest BCUT2D eigenvalue weighted by molar-refractivity contribution is 0.00557. The zero-order chi connectivity index (χ0) is 20.5. The second-order valence-electron chi connectivity index (χ2n) is 9.37. The van der Waals surface area contributed by atoms with Crippen molar-refractivity contribution in [2.24, 2.45) is 11.8 Å². The molecule has 8 nitrogen and oxygen atoms in total. The Morgan fingerprint density at radius 1 is 1.26 bits per heavy atom. The number of rotatable bonds is 3. The number of anilines is 1. The summed E-state index contributed by atoms with van der Waals surface area (Å²) in [7, 11) is -0.901. The third-order valence-electron chi connectivity index (χ3n) is 7.70. The number of hydrazine groups is 2. The summed E-state index contributed by atoms with van der Waals surface area (Å²) in [5, 5.41) is 10.0. The molecule has 31 heavy (non-hydrogen) atoms. The van der Waals surface area contributed by atoms with Crippen LogP contribution in [0.3, 0.4) is 0 Å². The van der Waals surface area contributed by atoms with Gasteiger partial charge in [0.05, 0.1) is 32.7 Å². The molecule has 0 aromatic carbocycles. The summed E-state index contributed by atoms with van der Waals surface area (Å²) in [6.07, 6.45) is 7.59. The molecule has 4 N–H and O–H groups in total. The lowest BCUT2D eigenvalue weighted by Crippen LogP contribution is -2.61. The molecular formula is C21H28N6O2S2. The van der Waals surface area contributed by atoms with Gasteiger partial charge in [0.1, 0.15) is 6.61 Å². The molecule has 6 atom stereocenters. The van der Waals surface area contributed by atoms with Gasteiger partial charge in [-0.2, -0.15) is 5.12 Å². The molecule has 166 valence electrons. The molecule has 1 aromatic heterocycles. The molecule has 4 fully saturated rings. The standard InChI is InChI=1S/C21H28N6O2S2/c28-31(12-2-1-3-12)21-18-17-13(15-4-5-24-27(15)26-18)9-14(25-20(17)30-21)11-8-16-19(23-10-11)22-6-7-29-16/h8,10,12-15,17,20,24-26H,1-7,9H2,(H,22,23). The van der Waals surface area contributed by atoms with Gasteiger partial charge < -0.3 is 15.5 Å². The van der Waals surface area contributed by atoms with Crippen LogP contribution in [0.5, 0.6) is 5.75 Å². The fourth-order valence-corrected chi connectivity index (χ4v) is 9.72. The third-order valence-corrected chi connectivity index (χ3v) is 11.3. The van der Waals surface area contributed by atoms with Gasteiger partial charge in [-0.25, -0.2) is 10.4 Å². The van der Waals surface area contributed by atoms with E-state index in [1.165, 1.54) is 17.7 Å². The molecule has 0 spiro atoms. The number of aromatic nitrogens is 1. The average Bonchev–Trinajstić information content (AvgIpc) is 3.38. The van der Waals surface area contributed by atoms with E-state index in [1.807, 2.05) is 18.0 Å². The highest BCUT2D eigenvalue weighted by Gasteiger charge is 2.55. The number of thioether (sulfide) groups is 1. The number of piperidine rings is 1. The molecule has 10 heteroatoms. The van der Waals surface area contributed by atoms with Crippen LogP contribution >= 0.6 is 11.8 Å². The van der Waals surface area contributed by atoms with Crippen molar-refractivity contribution in [2.75, 3.05) is 25.0 Å². The number of hydrogen-bond acceptors (Lipinski definition) is 9. The molecule has 6 aliphatic rings. The van der Waals surface area contributed by atoms with E-state index in [0.29, 0.717) is 29.7 Å². The number of nitrogens with zero attached hydrogens (tertiary/aromatic N) is 2. The maximum atomic E-state index is 13.4. The van der Waals surface area contributed by atoms with Gasteiger partial charge in [-0.3, -0.25) is 9.53 Å². The number of pyridine rings is 1. The van der Waals surface area contributed by atoms with Gasteiger partial charge in [0.15, 0.2) is 11.6 Å². The van der Waals surface area contributed by atoms with Crippen LogP contribution in [0.4, 0.5) is 5.82 Å². The largest absolute Gasteiger partial charge is 0.488 e. The first-order valence-electron chi connectivity index (χ1n) is 11.5. The Morgan fingerprint density at radius 3 is 3.06 bits per heavy atom. The van der Waals surface area contributed by atoms with Crippen LogP contribution in [-0.4, -0.2) is 50.7 Å². The lowest BCUT2D eigenvalue weighted by Gasteiger charge is -2.48. The molecule has 1 saturated carbocycles. The highest BCUT2D eigenvalue weighted by atomic mass is 32.2. The Hall–Kier alpha value is -1.33. The highest BCUT2D eigenvalue weighted by Crippen LogP contribution is 2.55. The van der Waals surface area contributed by atoms with Crippen molar-refractivity contribution < 1.29 is 8.95 Å². The van der Waals surface area contributed by atoms with Crippen LogP contribution in [-0.2, 0) is 10.8 Å². The minimum Gasteiger partial charge on any atom is -0.488 e. The summed E-state index contributed by atoms with van der Waals surface area (Å²) in [5.74, 6) is 2.60. The molecule has 0 bridgehead atoms. The first-order valence-corrected chi connectivity index (χ1v) is 13.6. The minimum absolute atomic E-state index is 0.223. The number of ether oxygens (including phenoxy) is 1. The predicted molar refractivity (Wildman–Crippen MR) is 121 cm³/mol. The molecule has 6 heterocycles. The first kappa shape index (κ1) is 19.2. The second-order valence-corrected chi connectivity index (χ2v) is 12.5. The Kier molecular flexibility index (Phi) is 4.54. The van der Waals surface area contributed by atoms with Crippen LogP contribution < -0.4 is 26.2 Å². The van der Waals surface area contributed by atoms with Gasteiger partial charge in [0.25, 0.3) is 0 Å². The van der Waals surface area contributed by atoms with E-state index in [0.717, 1.165) is 54.6 Å². The quantitative estimate of drug-likeness (QED) is 0.539. The average molecular weight is 461 g/mol. The van der Waals surface area contributed by atoms with Crippen LogP contribution in [0.1, 0.15) is 43.7 Å². The van der Waals surface area contributed by atoms with E-state index in [9.17, 15) is 4.21 Å². The maximum Gasteiger partial charge on any atom is 0.168 e. The van der Waals surface area contributed by atoms with Crippen molar-refractivity contribution in [2.45, 2.75) is 54.8 Å². The molecule has 1 aliphatic carbocycles. The predicted octanol–water partition coefficient (Wildman–Crippen LogP) is 1.79. The summed E-state index contributed by atoms with van der Waals surface area (Å²) in [5.41, 5.74) is 9.54. The Morgan fingerprint density at radius 2 is 2.19 bits per heavy atom. The van der Waals surface area contributed by atoms with Gasteiger partial charge >= 0.3 is 0 Å². The fraction of sp³-hybridized carbons (Fsp3) is 0.667. The molecular weight excluding hydrogens is 432 g/mol. The van der Waals surface area contributed by atoms with E-state index in [1.54, 1.807) is 0 Å². The van der Waals surface area contributed by atoms with Crippen LogP contribution in [0.2, 0.25) is 0 Å². The van der Waals surface area contributed by atoms with Crippen LogP contribution in [0.25, 0.3) is 0 Å². The molecule has 5 aliphatic heterocycles. The molecule has 0 amide bonds. The van der Waals surface area contributed by atoms with E-state index in [2.05, 4.69) is 37.7 Å². The molecule has 0 radical (unpaired) electrons. The highest BCUT2D eigenvalue weighted by molar-refractivity contribution is 8.17. The van der Waals surface area contributed by atoms with Gasteiger partial charge in [0, 0.05) is 36.0 Å². The van der Waals surface area contributed by atoms with E-state index >= 15 is 0 Å². The minimum atomic E-state index is -0.901. The summed E-state index contributed by atoms with van der Waals surface area (Å²) < 4.78 is 20.3. The third kappa shape index (κ3) is 2.98. The van der Waals surface area contributed by atoms with E-state index in [4.69, 9.17) is 4.74 Å². The Balaban J connectivity index is 1.22.